The summed E-state index contributed by atoms with van der Waals surface area (Å²) >= 11 is 1.82. The third-order valence-corrected chi connectivity index (χ3v) is 4.56. The Morgan fingerprint density at radius 3 is 2.41 bits per heavy atom. The van der Waals surface area contributed by atoms with E-state index in [9.17, 15) is 0 Å². The van der Waals surface area contributed by atoms with E-state index < -0.39 is 0 Å². The number of thioether (sulfide) groups is 1. The molecule has 1 heterocycles. The van der Waals surface area contributed by atoms with Gasteiger partial charge in [-0.15, -0.1) is 11.8 Å². The summed E-state index contributed by atoms with van der Waals surface area (Å²) in [6.45, 7) is 3.11. The van der Waals surface area contributed by atoms with Gasteiger partial charge in [-0.2, -0.15) is 0 Å². The van der Waals surface area contributed by atoms with E-state index in [0.29, 0.717) is 0 Å². The smallest absolute Gasteiger partial charge is 0.0926 e. The first-order valence-electron chi connectivity index (χ1n) is 7.59. The van der Waals surface area contributed by atoms with Gasteiger partial charge in [-0.05, 0) is 24.1 Å². The maximum absolute atomic E-state index is 4.54. The third kappa shape index (κ3) is 3.80. The van der Waals surface area contributed by atoms with Gasteiger partial charge >= 0.3 is 0 Å². The highest BCUT2D eigenvalue weighted by atomic mass is 32.2. The van der Waals surface area contributed by atoms with Crippen LogP contribution in [0, 0.1) is 0 Å². The molecule has 0 spiro atoms. The molecule has 1 N–H and O–H groups in total. The SMILES string of the molecule is C[C@@H](N/C(=C\C1=NCCS1)c1ccccc1)c1ccccc1. The molecule has 3 rings (SSSR count). The van der Waals surface area contributed by atoms with E-state index in [-0.39, 0.29) is 6.04 Å². The molecule has 2 nitrogen and oxygen atoms in total. The maximum atomic E-state index is 4.54. The van der Waals surface area contributed by atoms with Crippen molar-refractivity contribution < 1.29 is 0 Å². The zero-order valence-corrected chi connectivity index (χ0v) is 13.5. The van der Waals surface area contributed by atoms with Crippen molar-refractivity contribution >= 4 is 22.5 Å². The Hall–Kier alpha value is -2.00. The highest BCUT2D eigenvalue weighted by Gasteiger charge is 2.11. The maximum Gasteiger partial charge on any atom is 0.0926 e. The number of aliphatic imine (C=N–C) groups is 1. The zero-order chi connectivity index (χ0) is 15.2. The van der Waals surface area contributed by atoms with E-state index in [1.165, 1.54) is 11.1 Å². The highest BCUT2D eigenvalue weighted by molar-refractivity contribution is 8.14. The molecule has 1 aliphatic rings. The van der Waals surface area contributed by atoms with Crippen molar-refractivity contribution in [2.24, 2.45) is 4.99 Å². The fourth-order valence-electron chi connectivity index (χ4n) is 2.45. The van der Waals surface area contributed by atoms with E-state index in [1.807, 2.05) is 23.9 Å². The Morgan fingerprint density at radius 1 is 1.09 bits per heavy atom. The summed E-state index contributed by atoms with van der Waals surface area (Å²) in [6, 6.07) is 21.2. The van der Waals surface area contributed by atoms with Gasteiger partial charge in [0, 0.05) is 24.0 Å². The first-order valence-corrected chi connectivity index (χ1v) is 8.57. The molecule has 0 amide bonds. The molecule has 22 heavy (non-hydrogen) atoms. The van der Waals surface area contributed by atoms with Crippen LogP contribution in [0.5, 0.6) is 0 Å². The Kier molecular flexibility index (Phi) is 4.96. The minimum atomic E-state index is 0.250. The summed E-state index contributed by atoms with van der Waals surface area (Å²) in [5, 5.41) is 4.76. The van der Waals surface area contributed by atoms with Crippen molar-refractivity contribution in [1.29, 1.82) is 0 Å². The molecular weight excluding hydrogens is 288 g/mol. The second kappa shape index (κ2) is 7.32. The monoisotopic (exact) mass is 308 g/mol. The number of nitrogens with zero attached hydrogens (tertiary/aromatic N) is 1. The van der Waals surface area contributed by atoms with Crippen molar-refractivity contribution in [3.8, 4) is 0 Å². The molecule has 1 atom stereocenters. The predicted molar refractivity (Wildman–Crippen MR) is 97.2 cm³/mol. The van der Waals surface area contributed by atoms with Gasteiger partial charge in [0.05, 0.1) is 5.04 Å². The highest BCUT2D eigenvalue weighted by Crippen LogP contribution is 2.22. The first kappa shape index (κ1) is 14.9. The number of hydrogen-bond acceptors (Lipinski definition) is 3. The molecule has 0 bridgehead atoms. The Bertz CT molecular complexity index is 662. The van der Waals surface area contributed by atoms with Gasteiger partial charge in [0.25, 0.3) is 0 Å². The van der Waals surface area contributed by atoms with Gasteiger partial charge < -0.3 is 5.32 Å². The van der Waals surface area contributed by atoms with Crippen molar-refractivity contribution in [2.45, 2.75) is 13.0 Å². The predicted octanol–water partition coefficient (Wildman–Crippen LogP) is 4.52. The average Bonchev–Trinajstić information content (AvgIpc) is 3.09. The summed E-state index contributed by atoms with van der Waals surface area (Å²) in [6.07, 6.45) is 2.17. The lowest BCUT2D eigenvalue weighted by molar-refractivity contribution is 0.701. The lowest BCUT2D eigenvalue weighted by atomic mass is 10.1. The van der Waals surface area contributed by atoms with E-state index in [1.54, 1.807) is 0 Å². The standard InChI is InChI=1S/C19H20N2S/c1-15(16-8-4-2-5-9-16)21-18(14-19-20-12-13-22-19)17-10-6-3-7-11-17/h2-11,14-15,21H,12-13H2,1H3/b18-14-/t15-/m1/s1. The molecule has 0 aromatic heterocycles. The molecule has 0 saturated heterocycles. The van der Waals surface area contributed by atoms with Crippen LogP contribution in [0.1, 0.15) is 24.1 Å². The Balaban J connectivity index is 1.86. The van der Waals surface area contributed by atoms with E-state index >= 15 is 0 Å². The molecule has 0 radical (unpaired) electrons. The lowest BCUT2D eigenvalue weighted by Crippen LogP contribution is -2.17. The lowest BCUT2D eigenvalue weighted by Gasteiger charge is -2.19. The van der Waals surface area contributed by atoms with E-state index in [2.05, 4.69) is 71.8 Å². The van der Waals surface area contributed by atoms with Crippen LogP contribution < -0.4 is 5.32 Å². The molecular formula is C19H20N2S. The molecule has 2 aromatic rings. The summed E-state index contributed by atoms with van der Waals surface area (Å²) in [5.41, 5.74) is 3.61. The molecule has 0 unspecified atom stereocenters. The fourth-order valence-corrected chi connectivity index (χ4v) is 3.22. The summed E-state index contributed by atoms with van der Waals surface area (Å²) < 4.78 is 0. The minimum Gasteiger partial charge on any atom is -0.378 e. The average molecular weight is 308 g/mol. The number of hydrogen-bond donors (Lipinski definition) is 1. The molecule has 2 aromatic carbocycles. The topological polar surface area (TPSA) is 24.4 Å². The quantitative estimate of drug-likeness (QED) is 0.878. The molecule has 3 heteroatoms. The molecule has 0 aliphatic carbocycles. The van der Waals surface area contributed by atoms with Gasteiger partial charge in [-0.3, -0.25) is 4.99 Å². The summed E-state index contributed by atoms with van der Waals surface area (Å²) in [4.78, 5) is 4.54. The fraction of sp³-hybridized carbons (Fsp3) is 0.211. The minimum absolute atomic E-state index is 0.250. The van der Waals surface area contributed by atoms with Gasteiger partial charge in [0.1, 0.15) is 0 Å². The first-order chi connectivity index (χ1) is 10.8. The van der Waals surface area contributed by atoms with Crippen molar-refractivity contribution in [3.63, 3.8) is 0 Å². The zero-order valence-electron chi connectivity index (χ0n) is 12.7. The van der Waals surface area contributed by atoms with Crippen LogP contribution in [0.2, 0.25) is 0 Å². The molecule has 1 aliphatic heterocycles. The second-order valence-corrected chi connectivity index (χ2v) is 6.38. The molecule has 0 fully saturated rings. The van der Waals surface area contributed by atoms with Crippen LogP contribution in [-0.4, -0.2) is 17.3 Å². The number of rotatable bonds is 5. The number of nitrogens with one attached hydrogen (secondary N) is 1. The van der Waals surface area contributed by atoms with Crippen molar-refractivity contribution in [1.82, 2.24) is 5.32 Å². The largest absolute Gasteiger partial charge is 0.378 e. The van der Waals surface area contributed by atoms with Gasteiger partial charge in [0.2, 0.25) is 0 Å². The van der Waals surface area contributed by atoms with Crippen molar-refractivity contribution in [3.05, 3.63) is 77.9 Å². The van der Waals surface area contributed by atoms with Crippen molar-refractivity contribution in [2.75, 3.05) is 12.3 Å². The van der Waals surface area contributed by atoms with Crippen LogP contribution in [0.15, 0.2) is 71.7 Å². The van der Waals surface area contributed by atoms with Gasteiger partial charge in [-0.25, -0.2) is 0 Å². The van der Waals surface area contributed by atoms with Crippen LogP contribution in [0.25, 0.3) is 5.70 Å². The van der Waals surface area contributed by atoms with E-state index in [0.717, 1.165) is 23.0 Å². The van der Waals surface area contributed by atoms with Crippen LogP contribution >= 0.6 is 11.8 Å². The van der Waals surface area contributed by atoms with Gasteiger partial charge in [0.15, 0.2) is 0 Å². The van der Waals surface area contributed by atoms with Crippen LogP contribution in [0.4, 0.5) is 0 Å². The second-order valence-electron chi connectivity index (χ2n) is 5.27. The third-order valence-electron chi connectivity index (χ3n) is 3.63. The van der Waals surface area contributed by atoms with Crippen LogP contribution in [-0.2, 0) is 0 Å². The normalized spacial score (nSPS) is 16.2. The Morgan fingerprint density at radius 2 is 1.77 bits per heavy atom. The van der Waals surface area contributed by atoms with Gasteiger partial charge in [-0.1, -0.05) is 60.7 Å². The Labute approximate surface area is 136 Å². The molecule has 112 valence electrons. The number of benzene rings is 2. The molecule has 0 saturated carbocycles. The summed E-state index contributed by atoms with van der Waals surface area (Å²) in [7, 11) is 0. The summed E-state index contributed by atoms with van der Waals surface area (Å²) in [5.74, 6) is 1.09. The van der Waals surface area contributed by atoms with E-state index in [4.69, 9.17) is 0 Å². The van der Waals surface area contributed by atoms with Crippen LogP contribution in [0.3, 0.4) is 0 Å².